The van der Waals surface area contributed by atoms with Gasteiger partial charge < -0.3 is 0 Å². The zero-order valence-corrected chi connectivity index (χ0v) is 18.7. The summed E-state index contributed by atoms with van der Waals surface area (Å²) in [5.74, 6) is 0. The molecule has 0 fully saturated rings. The summed E-state index contributed by atoms with van der Waals surface area (Å²) in [7, 11) is -1.53. The molecule has 0 N–H and O–H groups in total. The van der Waals surface area contributed by atoms with Crippen LogP contribution in [-0.2, 0) is 27.7 Å². The SMILES string of the molecule is C[P+](c1ccccc1)(c1ccccc1)c1ccccc1.[Hg+]. The maximum absolute atomic E-state index is 2.41. The first-order valence-electron chi connectivity index (χ1n) is 6.85. The first kappa shape index (κ1) is 16.4. The molecule has 0 aliphatic rings. The largest absolute Gasteiger partial charge is 1.00 e. The van der Waals surface area contributed by atoms with Crippen LogP contribution in [0.15, 0.2) is 91.0 Å². The van der Waals surface area contributed by atoms with Crippen molar-refractivity contribution in [2.45, 2.75) is 0 Å². The van der Waals surface area contributed by atoms with E-state index in [1.807, 2.05) is 0 Å². The monoisotopic (exact) mass is 479 g/mol. The van der Waals surface area contributed by atoms with E-state index in [-0.39, 0.29) is 27.7 Å². The average Bonchev–Trinajstić information content (AvgIpc) is 2.56. The molecule has 0 nitrogen and oxygen atoms in total. The zero-order valence-electron chi connectivity index (χ0n) is 12.3. The van der Waals surface area contributed by atoms with Crippen LogP contribution in [0.2, 0.25) is 0 Å². The Labute approximate surface area is 148 Å². The minimum absolute atomic E-state index is 0. The molecule has 3 aromatic carbocycles. The number of hydrogen-bond donors (Lipinski definition) is 0. The van der Waals surface area contributed by atoms with Crippen molar-refractivity contribution in [3.8, 4) is 0 Å². The fourth-order valence-corrected chi connectivity index (χ4v) is 5.83. The van der Waals surface area contributed by atoms with Gasteiger partial charge in [-0.05, 0) is 36.4 Å². The molecule has 1 radical (unpaired) electrons. The molecule has 0 bridgehead atoms. The van der Waals surface area contributed by atoms with Gasteiger partial charge in [-0.3, -0.25) is 0 Å². The summed E-state index contributed by atoms with van der Waals surface area (Å²) in [6.07, 6.45) is 0. The first-order chi connectivity index (χ1) is 9.82. The molecule has 0 saturated carbocycles. The van der Waals surface area contributed by atoms with Gasteiger partial charge in [0.2, 0.25) is 0 Å². The van der Waals surface area contributed by atoms with Crippen molar-refractivity contribution >= 4 is 23.2 Å². The average molecular weight is 478 g/mol. The Morgan fingerprint density at radius 3 is 0.952 bits per heavy atom. The number of rotatable bonds is 3. The van der Waals surface area contributed by atoms with Crippen LogP contribution in [0.3, 0.4) is 0 Å². The molecule has 3 rings (SSSR count). The van der Waals surface area contributed by atoms with Crippen LogP contribution in [0.5, 0.6) is 0 Å². The van der Waals surface area contributed by atoms with Crippen LogP contribution < -0.4 is 15.9 Å². The molecule has 0 amide bonds. The predicted molar refractivity (Wildman–Crippen MR) is 91.1 cm³/mol. The van der Waals surface area contributed by atoms with Gasteiger partial charge in [0.25, 0.3) is 0 Å². The second-order valence-electron chi connectivity index (χ2n) is 5.01. The third-order valence-electron chi connectivity index (χ3n) is 3.82. The molecule has 3 aromatic rings. The van der Waals surface area contributed by atoms with Crippen molar-refractivity contribution in [3.63, 3.8) is 0 Å². The standard InChI is InChI=1S/C19H18P.Hg/c1-20(17-11-5-2-6-12-17,18-13-7-3-8-14-18)19-15-9-4-10-16-19;/h2-16H,1H3;/q2*+1. The molecular weight excluding hydrogens is 460 g/mol. The van der Waals surface area contributed by atoms with Crippen LogP contribution >= 0.6 is 7.26 Å². The molecule has 0 unspecified atom stereocenters. The van der Waals surface area contributed by atoms with E-state index >= 15 is 0 Å². The normalized spacial score (nSPS) is 10.7. The van der Waals surface area contributed by atoms with E-state index in [1.54, 1.807) is 0 Å². The Hall–Kier alpha value is -0.975. The Morgan fingerprint density at radius 1 is 0.476 bits per heavy atom. The molecule has 99 valence electrons. The maximum Gasteiger partial charge on any atom is 1.00 e. The van der Waals surface area contributed by atoms with Crippen LogP contribution in [0, 0.1) is 0 Å². The van der Waals surface area contributed by atoms with Crippen molar-refractivity contribution in [2.75, 3.05) is 6.66 Å². The molecule has 0 atom stereocenters. The molecule has 21 heavy (non-hydrogen) atoms. The topological polar surface area (TPSA) is 0 Å². The van der Waals surface area contributed by atoms with Gasteiger partial charge in [-0.1, -0.05) is 54.6 Å². The third-order valence-corrected chi connectivity index (χ3v) is 7.81. The molecule has 0 spiro atoms. The van der Waals surface area contributed by atoms with E-state index in [0.717, 1.165) is 0 Å². The fourth-order valence-electron chi connectivity index (χ4n) is 2.63. The van der Waals surface area contributed by atoms with Crippen molar-refractivity contribution < 1.29 is 27.7 Å². The summed E-state index contributed by atoms with van der Waals surface area (Å²) in [6, 6.07) is 32.6. The summed E-state index contributed by atoms with van der Waals surface area (Å²) in [4.78, 5) is 0. The molecule has 0 aliphatic carbocycles. The van der Waals surface area contributed by atoms with Gasteiger partial charge in [0.15, 0.2) is 0 Å². The minimum Gasteiger partial charge on any atom is -0.0620 e. The Bertz CT molecular complexity index is 569. The maximum atomic E-state index is 2.41. The molecule has 2 heteroatoms. The van der Waals surface area contributed by atoms with E-state index in [4.69, 9.17) is 0 Å². The van der Waals surface area contributed by atoms with Gasteiger partial charge in [-0.2, -0.15) is 0 Å². The molecule has 0 aromatic heterocycles. The van der Waals surface area contributed by atoms with Gasteiger partial charge in [-0.25, -0.2) is 0 Å². The first-order valence-corrected chi connectivity index (χ1v) is 9.09. The summed E-state index contributed by atoms with van der Waals surface area (Å²) in [5, 5.41) is 4.28. The zero-order chi connectivity index (χ0) is 13.8. The van der Waals surface area contributed by atoms with Gasteiger partial charge in [0, 0.05) is 0 Å². The van der Waals surface area contributed by atoms with Gasteiger partial charge >= 0.3 is 27.7 Å². The minimum atomic E-state index is -1.53. The smallest absolute Gasteiger partial charge is 0.0620 e. The Morgan fingerprint density at radius 2 is 0.714 bits per heavy atom. The molecule has 0 heterocycles. The van der Waals surface area contributed by atoms with Crippen molar-refractivity contribution in [1.82, 2.24) is 0 Å². The van der Waals surface area contributed by atoms with Gasteiger partial charge in [-0.15, -0.1) is 0 Å². The number of hydrogen-bond acceptors (Lipinski definition) is 0. The fraction of sp³-hybridized carbons (Fsp3) is 0.0526. The van der Waals surface area contributed by atoms with Crippen molar-refractivity contribution in [1.29, 1.82) is 0 Å². The van der Waals surface area contributed by atoms with Crippen LogP contribution in [-0.4, -0.2) is 6.66 Å². The summed E-state index contributed by atoms with van der Waals surface area (Å²) >= 11 is 0. The molecule has 0 saturated heterocycles. The van der Waals surface area contributed by atoms with E-state index < -0.39 is 7.26 Å². The summed E-state index contributed by atoms with van der Waals surface area (Å²) in [6.45, 7) is 2.41. The molecule has 0 aliphatic heterocycles. The van der Waals surface area contributed by atoms with Crippen LogP contribution in [0.4, 0.5) is 0 Å². The third kappa shape index (κ3) is 3.28. The number of benzene rings is 3. The Kier molecular flexibility index (Phi) is 5.73. The van der Waals surface area contributed by atoms with E-state index in [0.29, 0.717) is 0 Å². The van der Waals surface area contributed by atoms with Gasteiger partial charge in [0.05, 0.1) is 6.66 Å². The second-order valence-corrected chi connectivity index (χ2v) is 8.57. The quantitative estimate of drug-likeness (QED) is 0.399. The van der Waals surface area contributed by atoms with Gasteiger partial charge in [0.1, 0.15) is 23.2 Å². The second kappa shape index (κ2) is 7.34. The van der Waals surface area contributed by atoms with E-state index in [1.165, 1.54) is 15.9 Å². The van der Waals surface area contributed by atoms with Crippen LogP contribution in [0.1, 0.15) is 0 Å². The van der Waals surface area contributed by atoms with Crippen molar-refractivity contribution in [3.05, 3.63) is 91.0 Å². The molecular formula is C19H18HgP+2. The summed E-state index contributed by atoms with van der Waals surface area (Å²) in [5.41, 5.74) is 0. The van der Waals surface area contributed by atoms with Crippen molar-refractivity contribution in [2.24, 2.45) is 0 Å². The van der Waals surface area contributed by atoms with E-state index in [9.17, 15) is 0 Å². The van der Waals surface area contributed by atoms with Crippen LogP contribution in [0.25, 0.3) is 0 Å². The predicted octanol–water partition coefficient (Wildman–Crippen LogP) is 3.61. The summed E-state index contributed by atoms with van der Waals surface area (Å²) < 4.78 is 0. The van der Waals surface area contributed by atoms with E-state index in [2.05, 4.69) is 97.7 Å². The Balaban J connectivity index is 0.00000161.